The quantitative estimate of drug-likeness (QED) is 0.504. The number of rotatable bonds is 3. The van der Waals surface area contributed by atoms with Crippen molar-refractivity contribution in [3.63, 3.8) is 0 Å². The molecule has 0 aliphatic carbocycles. The summed E-state index contributed by atoms with van der Waals surface area (Å²) in [5, 5.41) is 3.02. The molecule has 0 spiro atoms. The van der Waals surface area contributed by atoms with Gasteiger partial charge in [-0.3, -0.25) is 0 Å². The van der Waals surface area contributed by atoms with E-state index in [0.717, 1.165) is 26.9 Å². The van der Waals surface area contributed by atoms with Crippen LogP contribution in [0.4, 0.5) is 8.78 Å². The summed E-state index contributed by atoms with van der Waals surface area (Å²) in [5.41, 5.74) is 1.82. The fraction of sp³-hybridized carbons (Fsp3) is 0. The fourth-order valence-corrected chi connectivity index (χ4v) is 4.93. The van der Waals surface area contributed by atoms with Gasteiger partial charge in [-0.2, -0.15) is 0 Å². The number of hydrogen-bond acceptors (Lipinski definition) is 1. The maximum absolute atomic E-state index is 13.4. The molecule has 0 atom stereocenters. The van der Waals surface area contributed by atoms with Gasteiger partial charge in [0.05, 0.1) is 11.0 Å². The maximum Gasteiger partial charge on any atom is 0.123 e. The molecule has 0 amide bonds. The molecule has 4 aromatic rings. The minimum absolute atomic E-state index is 0.274. The van der Waals surface area contributed by atoms with Crippen LogP contribution in [0.15, 0.2) is 84.9 Å². The second kappa shape index (κ2) is 6.70. The summed E-state index contributed by atoms with van der Waals surface area (Å²) >= 11 is 0. The van der Waals surface area contributed by atoms with E-state index in [1.54, 1.807) is 24.3 Å². The lowest BCUT2D eigenvalue weighted by Crippen LogP contribution is -2.23. The third kappa shape index (κ3) is 3.29. The van der Waals surface area contributed by atoms with Crippen LogP contribution in [-0.4, -0.2) is 4.98 Å². The Balaban J connectivity index is 1.88. The first-order valence-electron chi connectivity index (χ1n) is 7.88. The summed E-state index contributed by atoms with van der Waals surface area (Å²) in [4.78, 5) is 4.81. The molecule has 25 heavy (non-hydrogen) atoms. The predicted octanol–water partition coefficient (Wildman–Crippen LogP) is 4.27. The van der Waals surface area contributed by atoms with Gasteiger partial charge in [0.15, 0.2) is 0 Å². The van der Waals surface area contributed by atoms with Gasteiger partial charge in [-0.1, -0.05) is 48.5 Å². The summed E-state index contributed by atoms with van der Waals surface area (Å²) < 4.78 is 26.7. The molecule has 122 valence electrons. The summed E-state index contributed by atoms with van der Waals surface area (Å²) in [6, 6.07) is 24.9. The first-order valence-corrected chi connectivity index (χ1v) is 9.22. The molecule has 0 aliphatic rings. The van der Waals surface area contributed by atoms with Crippen LogP contribution in [0.2, 0.25) is 0 Å². The summed E-state index contributed by atoms with van der Waals surface area (Å²) in [7, 11) is -0.988. The number of benzene rings is 3. The lowest BCUT2D eigenvalue weighted by molar-refractivity contribution is 0.628. The Labute approximate surface area is 145 Å². The van der Waals surface area contributed by atoms with E-state index < -0.39 is 7.92 Å². The van der Waals surface area contributed by atoms with E-state index in [-0.39, 0.29) is 11.6 Å². The largest absolute Gasteiger partial charge is 0.247 e. The van der Waals surface area contributed by atoms with Gasteiger partial charge in [-0.05, 0) is 47.0 Å². The van der Waals surface area contributed by atoms with Crippen LogP contribution in [0.3, 0.4) is 0 Å². The van der Waals surface area contributed by atoms with Gasteiger partial charge in [0.1, 0.15) is 11.6 Å². The van der Waals surface area contributed by atoms with Gasteiger partial charge in [0.25, 0.3) is 0 Å². The van der Waals surface area contributed by atoms with Gasteiger partial charge >= 0.3 is 0 Å². The number of hydrogen-bond donors (Lipinski definition) is 0. The molecule has 4 rings (SSSR count). The highest BCUT2D eigenvalue weighted by Gasteiger charge is 2.18. The van der Waals surface area contributed by atoms with Crippen molar-refractivity contribution in [3.05, 3.63) is 96.6 Å². The van der Waals surface area contributed by atoms with E-state index in [9.17, 15) is 8.78 Å². The Morgan fingerprint density at radius 2 is 1.16 bits per heavy atom. The zero-order valence-corrected chi connectivity index (χ0v) is 14.1. The Kier molecular flexibility index (Phi) is 4.25. The van der Waals surface area contributed by atoms with Crippen LogP contribution in [0.1, 0.15) is 0 Å². The third-order valence-electron chi connectivity index (χ3n) is 3.98. The summed E-state index contributed by atoms with van der Waals surface area (Å²) in [6.07, 6.45) is 0. The molecule has 0 saturated carbocycles. The Morgan fingerprint density at radius 1 is 0.600 bits per heavy atom. The SMILES string of the molecule is Fc1ccc(P(c2ccc(F)cc2)c2ccc3ccccc3n2)cc1. The molecule has 0 saturated heterocycles. The first-order chi connectivity index (χ1) is 12.2. The minimum Gasteiger partial charge on any atom is -0.247 e. The second-order valence-corrected chi connectivity index (χ2v) is 7.81. The number of aromatic nitrogens is 1. The zero-order chi connectivity index (χ0) is 17.2. The molecule has 0 unspecified atom stereocenters. The topological polar surface area (TPSA) is 12.9 Å². The monoisotopic (exact) mass is 349 g/mol. The van der Waals surface area contributed by atoms with Crippen molar-refractivity contribution in [2.45, 2.75) is 0 Å². The molecule has 1 aromatic heterocycles. The van der Waals surface area contributed by atoms with Crippen molar-refractivity contribution in [2.24, 2.45) is 0 Å². The number of nitrogens with zero attached hydrogens (tertiary/aromatic N) is 1. The Hall–Kier alpha value is -2.64. The Morgan fingerprint density at radius 3 is 1.76 bits per heavy atom. The van der Waals surface area contributed by atoms with E-state index in [4.69, 9.17) is 4.98 Å². The minimum atomic E-state index is -0.988. The highest BCUT2D eigenvalue weighted by atomic mass is 31.1. The zero-order valence-electron chi connectivity index (χ0n) is 13.2. The highest BCUT2D eigenvalue weighted by molar-refractivity contribution is 7.79. The molecule has 1 nitrogen and oxygen atoms in total. The highest BCUT2D eigenvalue weighted by Crippen LogP contribution is 2.32. The third-order valence-corrected chi connectivity index (χ3v) is 6.32. The molecule has 4 heteroatoms. The molecule has 3 aromatic carbocycles. The van der Waals surface area contributed by atoms with Crippen LogP contribution in [0.5, 0.6) is 0 Å². The Bertz CT molecular complexity index is 968. The van der Waals surface area contributed by atoms with E-state index in [2.05, 4.69) is 0 Å². The van der Waals surface area contributed by atoms with E-state index in [1.165, 1.54) is 24.3 Å². The lowest BCUT2D eigenvalue weighted by atomic mass is 10.2. The fourth-order valence-electron chi connectivity index (χ4n) is 2.77. The molecule has 0 aliphatic heterocycles. The number of halogens is 2. The molecular formula is C21H14F2NP. The molecular weight excluding hydrogens is 335 g/mol. The number of pyridine rings is 1. The van der Waals surface area contributed by atoms with Gasteiger partial charge < -0.3 is 0 Å². The van der Waals surface area contributed by atoms with Crippen molar-refractivity contribution in [3.8, 4) is 0 Å². The molecule has 1 heterocycles. The molecule has 0 N–H and O–H groups in total. The van der Waals surface area contributed by atoms with Gasteiger partial charge in [0, 0.05) is 13.3 Å². The molecule has 0 fully saturated rings. The van der Waals surface area contributed by atoms with E-state index in [1.807, 2.05) is 36.4 Å². The van der Waals surface area contributed by atoms with Gasteiger partial charge in [-0.25, -0.2) is 13.8 Å². The van der Waals surface area contributed by atoms with Crippen molar-refractivity contribution < 1.29 is 8.78 Å². The average Bonchev–Trinajstić information content (AvgIpc) is 2.65. The van der Waals surface area contributed by atoms with Gasteiger partial charge in [0.2, 0.25) is 0 Å². The predicted molar refractivity (Wildman–Crippen MR) is 100 cm³/mol. The average molecular weight is 349 g/mol. The normalized spacial score (nSPS) is 11.2. The van der Waals surface area contributed by atoms with Crippen LogP contribution in [-0.2, 0) is 0 Å². The molecule has 0 bridgehead atoms. The van der Waals surface area contributed by atoms with Crippen LogP contribution in [0, 0.1) is 11.6 Å². The first kappa shape index (κ1) is 15.9. The van der Waals surface area contributed by atoms with E-state index in [0.29, 0.717) is 0 Å². The summed E-state index contributed by atoms with van der Waals surface area (Å²) in [6.45, 7) is 0. The second-order valence-electron chi connectivity index (χ2n) is 5.65. The lowest BCUT2D eigenvalue weighted by Gasteiger charge is -2.18. The number of fused-ring (bicyclic) bond motifs is 1. The summed E-state index contributed by atoms with van der Waals surface area (Å²) in [5.74, 6) is -0.548. The van der Waals surface area contributed by atoms with Crippen molar-refractivity contribution in [1.82, 2.24) is 4.98 Å². The maximum atomic E-state index is 13.4. The smallest absolute Gasteiger partial charge is 0.123 e. The van der Waals surface area contributed by atoms with Crippen molar-refractivity contribution >= 4 is 34.9 Å². The van der Waals surface area contributed by atoms with Gasteiger partial charge in [-0.15, -0.1) is 0 Å². The standard InChI is InChI=1S/C21H14F2NP/c22-16-6-10-18(11-7-16)25(19-12-8-17(23)9-13-19)21-14-5-15-3-1-2-4-20(15)24-21/h1-14H. The van der Waals surface area contributed by atoms with Crippen molar-refractivity contribution in [1.29, 1.82) is 0 Å². The van der Waals surface area contributed by atoms with Crippen LogP contribution >= 0.6 is 7.92 Å². The van der Waals surface area contributed by atoms with Crippen LogP contribution < -0.4 is 16.0 Å². The number of para-hydroxylation sites is 1. The van der Waals surface area contributed by atoms with Crippen LogP contribution in [0.25, 0.3) is 10.9 Å². The van der Waals surface area contributed by atoms with Crippen molar-refractivity contribution in [2.75, 3.05) is 0 Å². The van der Waals surface area contributed by atoms with E-state index >= 15 is 0 Å². The molecule has 0 radical (unpaired) electrons.